The number of Topliss-reactive ketones (excluding diaryl/α,β-unsaturated/α-hetero) is 1. The molecule has 112 valence electrons. The van der Waals surface area contributed by atoms with Crippen LogP contribution >= 0.6 is 0 Å². The van der Waals surface area contributed by atoms with Gasteiger partial charge in [0.05, 0.1) is 11.0 Å². The molecule has 0 spiro atoms. The Morgan fingerprint density at radius 2 is 1.79 bits per heavy atom. The first-order chi connectivity index (χ1) is 8.81. The molecular formula is C14H27NO3S. The summed E-state index contributed by atoms with van der Waals surface area (Å²) in [5.41, 5.74) is -0.0864. The highest BCUT2D eigenvalue weighted by Gasteiger charge is 2.32. The van der Waals surface area contributed by atoms with Crippen LogP contribution in [0.15, 0.2) is 0 Å². The largest absolute Gasteiger partial charge is 0.314 e. The average molecular weight is 289 g/mol. The Kier molecular flexibility index (Phi) is 5.99. The van der Waals surface area contributed by atoms with Crippen LogP contribution in [-0.4, -0.2) is 37.8 Å². The lowest BCUT2D eigenvalue weighted by Crippen LogP contribution is -2.46. The Hall–Kier alpha value is -0.420. The van der Waals surface area contributed by atoms with E-state index >= 15 is 0 Å². The fourth-order valence-electron chi connectivity index (χ4n) is 2.70. The highest BCUT2D eigenvalue weighted by molar-refractivity contribution is 7.91. The SMILES string of the molecule is CNC1(CC(=O)CCS(=O)(=O)C(C)C)CCCCC1. The first-order valence-corrected chi connectivity index (χ1v) is 8.95. The zero-order valence-electron chi connectivity index (χ0n) is 12.4. The molecule has 0 amide bonds. The fourth-order valence-corrected chi connectivity index (χ4v) is 3.68. The molecule has 1 rings (SSSR count). The van der Waals surface area contributed by atoms with E-state index in [4.69, 9.17) is 0 Å². The molecule has 0 aliphatic heterocycles. The molecule has 0 unspecified atom stereocenters. The lowest BCUT2D eigenvalue weighted by molar-refractivity contribution is -0.120. The summed E-state index contributed by atoms with van der Waals surface area (Å²) in [4.78, 5) is 12.0. The third-order valence-electron chi connectivity index (χ3n) is 4.26. The van der Waals surface area contributed by atoms with Gasteiger partial charge in [-0.2, -0.15) is 0 Å². The Morgan fingerprint density at radius 3 is 2.26 bits per heavy atom. The second-order valence-electron chi connectivity index (χ2n) is 5.97. The van der Waals surface area contributed by atoms with Crippen LogP contribution in [0.25, 0.3) is 0 Å². The predicted octanol–water partition coefficient (Wildman–Crippen LogP) is 2.08. The van der Waals surface area contributed by atoms with E-state index in [0.717, 1.165) is 25.7 Å². The number of sulfone groups is 1. The van der Waals surface area contributed by atoms with Gasteiger partial charge in [0, 0.05) is 18.4 Å². The van der Waals surface area contributed by atoms with Gasteiger partial charge in [0.1, 0.15) is 5.78 Å². The van der Waals surface area contributed by atoms with Gasteiger partial charge in [0.25, 0.3) is 0 Å². The van der Waals surface area contributed by atoms with Crippen molar-refractivity contribution in [2.75, 3.05) is 12.8 Å². The molecule has 4 nitrogen and oxygen atoms in total. The average Bonchev–Trinajstić information content (AvgIpc) is 2.37. The summed E-state index contributed by atoms with van der Waals surface area (Å²) in [6, 6.07) is 0. The maximum atomic E-state index is 12.0. The molecule has 0 heterocycles. The van der Waals surface area contributed by atoms with Gasteiger partial charge in [0.15, 0.2) is 9.84 Å². The highest BCUT2D eigenvalue weighted by Crippen LogP contribution is 2.31. The van der Waals surface area contributed by atoms with E-state index < -0.39 is 15.1 Å². The van der Waals surface area contributed by atoms with E-state index in [9.17, 15) is 13.2 Å². The number of ketones is 1. The van der Waals surface area contributed by atoms with Crippen LogP contribution in [0, 0.1) is 0 Å². The molecule has 1 saturated carbocycles. The van der Waals surface area contributed by atoms with Crippen molar-refractivity contribution in [1.82, 2.24) is 5.32 Å². The van der Waals surface area contributed by atoms with Crippen molar-refractivity contribution in [3.05, 3.63) is 0 Å². The lowest BCUT2D eigenvalue weighted by atomic mass is 9.78. The summed E-state index contributed by atoms with van der Waals surface area (Å²) >= 11 is 0. The van der Waals surface area contributed by atoms with Gasteiger partial charge in [-0.1, -0.05) is 19.3 Å². The fraction of sp³-hybridized carbons (Fsp3) is 0.929. The number of carbonyl (C=O) groups excluding carboxylic acids is 1. The smallest absolute Gasteiger partial charge is 0.153 e. The second-order valence-corrected chi connectivity index (χ2v) is 8.65. The van der Waals surface area contributed by atoms with Crippen LogP contribution < -0.4 is 5.32 Å². The van der Waals surface area contributed by atoms with Crippen LogP contribution in [0.3, 0.4) is 0 Å². The van der Waals surface area contributed by atoms with Crippen molar-refractivity contribution in [1.29, 1.82) is 0 Å². The highest BCUT2D eigenvalue weighted by atomic mass is 32.2. The van der Waals surface area contributed by atoms with E-state index in [1.807, 2.05) is 7.05 Å². The Bertz CT molecular complexity index is 395. The van der Waals surface area contributed by atoms with E-state index in [2.05, 4.69) is 5.32 Å². The summed E-state index contributed by atoms with van der Waals surface area (Å²) in [5, 5.41) is 2.90. The lowest BCUT2D eigenvalue weighted by Gasteiger charge is -2.36. The number of carbonyl (C=O) groups is 1. The van der Waals surface area contributed by atoms with Gasteiger partial charge < -0.3 is 5.32 Å². The first-order valence-electron chi connectivity index (χ1n) is 7.23. The van der Waals surface area contributed by atoms with Gasteiger partial charge >= 0.3 is 0 Å². The Labute approximate surface area is 117 Å². The van der Waals surface area contributed by atoms with Gasteiger partial charge in [0.2, 0.25) is 0 Å². The van der Waals surface area contributed by atoms with Crippen LogP contribution in [0.5, 0.6) is 0 Å². The van der Waals surface area contributed by atoms with Crippen molar-refractivity contribution in [2.24, 2.45) is 0 Å². The summed E-state index contributed by atoms with van der Waals surface area (Å²) in [7, 11) is -1.20. The van der Waals surface area contributed by atoms with E-state index in [0.29, 0.717) is 6.42 Å². The zero-order chi connectivity index (χ0) is 14.5. The van der Waals surface area contributed by atoms with E-state index in [1.54, 1.807) is 13.8 Å². The predicted molar refractivity (Wildman–Crippen MR) is 78.0 cm³/mol. The molecule has 0 aromatic rings. The third kappa shape index (κ3) is 4.88. The first kappa shape index (κ1) is 16.6. The number of rotatable bonds is 7. The van der Waals surface area contributed by atoms with E-state index in [-0.39, 0.29) is 23.5 Å². The number of hydrogen-bond acceptors (Lipinski definition) is 4. The van der Waals surface area contributed by atoms with Crippen LogP contribution in [-0.2, 0) is 14.6 Å². The summed E-state index contributed by atoms with van der Waals surface area (Å²) in [6.07, 6.45) is 6.20. The molecule has 1 aliphatic carbocycles. The van der Waals surface area contributed by atoms with Gasteiger partial charge in [-0.05, 0) is 33.7 Å². The minimum atomic E-state index is -3.10. The van der Waals surface area contributed by atoms with Gasteiger partial charge in [-0.3, -0.25) is 4.79 Å². The minimum Gasteiger partial charge on any atom is -0.314 e. The van der Waals surface area contributed by atoms with Gasteiger partial charge in [-0.25, -0.2) is 8.42 Å². The Morgan fingerprint density at radius 1 is 1.21 bits per heavy atom. The second kappa shape index (κ2) is 6.84. The third-order valence-corrected chi connectivity index (χ3v) is 6.47. The summed E-state index contributed by atoms with van der Waals surface area (Å²) in [5.74, 6) is 0.0593. The van der Waals surface area contributed by atoms with Crippen LogP contribution in [0.1, 0.15) is 58.8 Å². The molecule has 5 heteroatoms. The molecular weight excluding hydrogens is 262 g/mol. The van der Waals surface area contributed by atoms with Crippen molar-refractivity contribution in [3.63, 3.8) is 0 Å². The molecule has 19 heavy (non-hydrogen) atoms. The standard InChI is InChI=1S/C14H27NO3S/c1-12(2)19(17,18)10-7-13(16)11-14(15-3)8-5-4-6-9-14/h12,15H,4-11H2,1-3H3. The minimum absolute atomic E-state index is 0.0106. The molecule has 1 aliphatic rings. The molecule has 0 aromatic carbocycles. The maximum Gasteiger partial charge on any atom is 0.153 e. The maximum absolute atomic E-state index is 12.0. The van der Waals surface area contributed by atoms with Crippen molar-refractivity contribution >= 4 is 15.6 Å². The quantitative estimate of drug-likeness (QED) is 0.779. The molecule has 1 N–H and O–H groups in total. The van der Waals surface area contributed by atoms with Crippen molar-refractivity contribution in [3.8, 4) is 0 Å². The zero-order valence-corrected chi connectivity index (χ0v) is 13.2. The molecule has 0 saturated heterocycles. The van der Waals surface area contributed by atoms with E-state index in [1.165, 1.54) is 6.42 Å². The van der Waals surface area contributed by atoms with Crippen molar-refractivity contribution < 1.29 is 13.2 Å². The monoisotopic (exact) mass is 289 g/mol. The molecule has 0 bridgehead atoms. The molecule has 0 atom stereocenters. The van der Waals surface area contributed by atoms with Crippen LogP contribution in [0.4, 0.5) is 0 Å². The summed E-state index contributed by atoms with van der Waals surface area (Å²) in [6.45, 7) is 3.33. The molecule has 0 aromatic heterocycles. The topological polar surface area (TPSA) is 63.2 Å². The molecule has 0 radical (unpaired) electrons. The Balaban J connectivity index is 2.50. The van der Waals surface area contributed by atoms with Crippen LogP contribution in [0.2, 0.25) is 0 Å². The normalized spacial score (nSPS) is 19.6. The van der Waals surface area contributed by atoms with Crippen molar-refractivity contribution in [2.45, 2.75) is 69.6 Å². The number of hydrogen-bond donors (Lipinski definition) is 1. The number of nitrogens with one attached hydrogen (secondary N) is 1. The summed E-state index contributed by atoms with van der Waals surface area (Å²) < 4.78 is 23.4. The molecule has 1 fully saturated rings. The van der Waals surface area contributed by atoms with Gasteiger partial charge in [-0.15, -0.1) is 0 Å².